The zero-order chi connectivity index (χ0) is 24.1. The van der Waals surface area contributed by atoms with Crippen LogP contribution in [0.5, 0.6) is 5.75 Å². The number of aliphatic hydroxyl groups is 1. The average Bonchev–Trinajstić information content (AvgIpc) is 3.04. The molecule has 2 aromatic rings. The predicted molar refractivity (Wildman–Crippen MR) is 128 cm³/mol. The molecule has 2 aromatic carbocycles. The van der Waals surface area contributed by atoms with Gasteiger partial charge in [-0.1, -0.05) is 38.1 Å². The van der Waals surface area contributed by atoms with E-state index in [0.717, 1.165) is 22.4 Å². The SMILES string of the molecule is CCOc1ccc(/C(O)=C2\C(=O)C(=O)N(CCCOC)C2c2ccccc2C)cc1C(C)C. The van der Waals surface area contributed by atoms with Gasteiger partial charge in [0, 0.05) is 25.8 Å². The van der Waals surface area contributed by atoms with Gasteiger partial charge in [-0.05, 0) is 61.1 Å². The topological polar surface area (TPSA) is 76.1 Å². The number of benzene rings is 2. The number of aliphatic hydroxyl groups excluding tert-OH is 1. The lowest BCUT2D eigenvalue weighted by molar-refractivity contribution is -0.140. The van der Waals surface area contributed by atoms with Gasteiger partial charge < -0.3 is 19.5 Å². The number of ketones is 1. The summed E-state index contributed by atoms with van der Waals surface area (Å²) in [4.78, 5) is 27.8. The van der Waals surface area contributed by atoms with Crippen molar-refractivity contribution < 1.29 is 24.2 Å². The van der Waals surface area contributed by atoms with Crippen molar-refractivity contribution in [1.29, 1.82) is 0 Å². The maximum absolute atomic E-state index is 13.2. The number of ether oxygens (including phenoxy) is 2. The minimum atomic E-state index is -0.668. The van der Waals surface area contributed by atoms with Crippen LogP contribution in [-0.2, 0) is 14.3 Å². The van der Waals surface area contributed by atoms with Crippen LogP contribution in [0.25, 0.3) is 5.76 Å². The number of hydrogen-bond acceptors (Lipinski definition) is 5. The van der Waals surface area contributed by atoms with Crippen LogP contribution < -0.4 is 4.74 Å². The van der Waals surface area contributed by atoms with Crippen molar-refractivity contribution >= 4 is 17.4 Å². The Morgan fingerprint density at radius 3 is 2.52 bits per heavy atom. The molecule has 0 aliphatic carbocycles. The maximum atomic E-state index is 13.2. The highest BCUT2D eigenvalue weighted by atomic mass is 16.5. The number of Topliss-reactive ketones (excluding diaryl/α,β-unsaturated/α-hetero) is 1. The van der Waals surface area contributed by atoms with E-state index < -0.39 is 17.7 Å². The summed E-state index contributed by atoms with van der Waals surface area (Å²) in [5.41, 5.74) is 3.32. The maximum Gasteiger partial charge on any atom is 0.295 e. The Morgan fingerprint density at radius 2 is 1.88 bits per heavy atom. The van der Waals surface area contributed by atoms with Crippen LogP contribution in [0.15, 0.2) is 48.0 Å². The summed E-state index contributed by atoms with van der Waals surface area (Å²) in [6.07, 6.45) is 0.590. The van der Waals surface area contributed by atoms with Gasteiger partial charge in [0.05, 0.1) is 18.2 Å². The number of methoxy groups -OCH3 is 1. The molecule has 1 amide bonds. The van der Waals surface area contributed by atoms with Crippen molar-refractivity contribution in [2.75, 3.05) is 26.9 Å². The van der Waals surface area contributed by atoms with Crippen molar-refractivity contribution in [3.63, 3.8) is 0 Å². The summed E-state index contributed by atoms with van der Waals surface area (Å²) in [6, 6.07) is 12.4. The highest BCUT2D eigenvalue weighted by Gasteiger charge is 2.46. The third-order valence-electron chi connectivity index (χ3n) is 5.98. The Labute approximate surface area is 195 Å². The largest absolute Gasteiger partial charge is 0.507 e. The number of hydrogen-bond donors (Lipinski definition) is 1. The minimum absolute atomic E-state index is 0.116. The van der Waals surface area contributed by atoms with Crippen LogP contribution in [0.3, 0.4) is 0 Å². The fourth-order valence-corrected chi connectivity index (χ4v) is 4.30. The van der Waals surface area contributed by atoms with Crippen molar-refractivity contribution in [3.8, 4) is 5.75 Å². The molecular weight excluding hydrogens is 418 g/mol. The Balaban J connectivity index is 2.17. The number of likely N-dealkylation sites (tertiary alicyclic amines) is 1. The molecule has 6 heteroatoms. The molecule has 1 aliphatic heterocycles. The van der Waals surface area contributed by atoms with Crippen LogP contribution in [0.4, 0.5) is 0 Å². The van der Waals surface area contributed by atoms with E-state index in [-0.39, 0.29) is 17.3 Å². The van der Waals surface area contributed by atoms with E-state index in [2.05, 4.69) is 0 Å². The zero-order valence-corrected chi connectivity index (χ0v) is 20.1. The van der Waals surface area contributed by atoms with Gasteiger partial charge in [0.25, 0.3) is 11.7 Å². The molecule has 33 heavy (non-hydrogen) atoms. The highest BCUT2D eigenvalue weighted by Crippen LogP contribution is 2.41. The van der Waals surface area contributed by atoms with Gasteiger partial charge in [0.15, 0.2) is 0 Å². The van der Waals surface area contributed by atoms with Gasteiger partial charge >= 0.3 is 0 Å². The molecule has 0 bridgehead atoms. The molecule has 1 N–H and O–H groups in total. The third-order valence-corrected chi connectivity index (χ3v) is 5.98. The Kier molecular flexibility index (Phi) is 7.92. The van der Waals surface area contributed by atoms with Crippen LogP contribution in [0, 0.1) is 6.92 Å². The minimum Gasteiger partial charge on any atom is -0.507 e. The Bertz CT molecular complexity index is 1060. The molecule has 1 aliphatic rings. The molecule has 0 aromatic heterocycles. The number of carbonyl (C=O) groups is 2. The van der Waals surface area contributed by atoms with E-state index in [9.17, 15) is 14.7 Å². The predicted octanol–water partition coefficient (Wildman–Crippen LogP) is 4.98. The lowest BCUT2D eigenvalue weighted by Gasteiger charge is -2.26. The molecule has 0 radical (unpaired) electrons. The van der Waals surface area contributed by atoms with Gasteiger partial charge in [-0.2, -0.15) is 0 Å². The normalized spacial score (nSPS) is 17.8. The third kappa shape index (κ3) is 4.96. The van der Waals surface area contributed by atoms with Gasteiger partial charge in [0.2, 0.25) is 0 Å². The first kappa shape index (κ1) is 24.5. The van der Waals surface area contributed by atoms with Gasteiger partial charge in [-0.15, -0.1) is 0 Å². The van der Waals surface area contributed by atoms with Gasteiger partial charge in [-0.25, -0.2) is 0 Å². The lowest BCUT2D eigenvalue weighted by Crippen LogP contribution is -2.31. The van der Waals surface area contributed by atoms with E-state index in [1.807, 2.05) is 64.1 Å². The molecular formula is C27H33NO5. The first-order valence-electron chi connectivity index (χ1n) is 11.4. The van der Waals surface area contributed by atoms with Gasteiger partial charge in [-0.3, -0.25) is 9.59 Å². The number of rotatable bonds is 9. The number of nitrogens with zero attached hydrogens (tertiary/aromatic N) is 1. The lowest BCUT2D eigenvalue weighted by atomic mass is 9.91. The van der Waals surface area contributed by atoms with E-state index in [4.69, 9.17) is 9.47 Å². The standard InChI is InChI=1S/C27H33NO5/c1-6-33-22-13-12-19(16-21(22)17(2)3)25(29)23-24(20-11-8-7-10-18(20)4)28(14-9-15-32-5)27(31)26(23)30/h7-8,10-13,16-17,24,29H,6,9,14-15H2,1-5H3/b25-23+. The fourth-order valence-electron chi connectivity index (χ4n) is 4.30. The van der Waals surface area contributed by atoms with Gasteiger partial charge in [0.1, 0.15) is 11.5 Å². The first-order chi connectivity index (χ1) is 15.8. The van der Waals surface area contributed by atoms with Crippen LogP contribution in [-0.4, -0.2) is 48.6 Å². The Morgan fingerprint density at radius 1 is 1.15 bits per heavy atom. The molecule has 6 nitrogen and oxygen atoms in total. The number of aryl methyl sites for hydroxylation is 1. The quantitative estimate of drug-likeness (QED) is 0.252. The molecule has 1 unspecified atom stereocenters. The molecule has 176 valence electrons. The van der Waals surface area contributed by atoms with Crippen LogP contribution >= 0.6 is 0 Å². The monoisotopic (exact) mass is 451 g/mol. The number of amides is 1. The molecule has 0 spiro atoms. The van der Waals surface area contributed by atoms with E-state index in [1.165, 1.54) is 0 Å². The highest BCUT2D eigenvalue weighted by molar-refractivity contribution is 6.46. The van der Waals surface area contributed by atoms with Crippen molar-refractivity contribution in [2.24, 2.45) is 0 Å². The molecule has 1 atom stereocenters. The zero-order valence-electron chi connectivity index (χ0n) is 20.1. The second-order valence-corrected chi connectivity index (χ2v) is 8.54. The Hall–Kier alpha value is -3.12. The van der Waals surface area contributed by atoms with Crippen molar-refractivity contribution in [1.82, 2.24) is 4.90 Å². The summed E-state index contributed by atoms with van der Waals surface area (Å²) >= 11 is 0. The number of carbonyl (C=O) groups excluding carboxylic acids is 2. The second kappa shape index (κ2) is 10.7. The summed E-state index contributed by atoms with van der Waals surface area (Å²) < 4.78 is 10.9. The fraction of sp³-hybridized carbons (Fsp3) is 0.407. The van der Waals surface area contributed by atoms with E-state index in [1.54, 1.807) is 18.1 Å². The molecule has 0 saturated carbocycles. The molecule has 1 fully saturated rings. The summed E-state index contributed by atoms with van der Waals surface area (Å²) in [5, 5.41) is 11.4. The molecule has 3 rings (SSSR count). The first-order valence-corrected chi connectivity index (χ1v) is 11.4. The summed E-state index contributed by atoms with van der Waals surface area (Å²) in [6.45, 7) is 9.32. The van der Waals surface area contributed by atoms with E-state index >= 15 is 0 Å². The summed E-state index contributed by atoms with van der Waals surface area (Å²) in [7, 11) is 1.60. The summed E-state index contributed by atoms with van der Waals surface area (Å²) in [5.74, 6) is -0.530. The second-order valence-electron chi connectivity index (χ2n) is 8.54. The van der Waals surface area contributed by atoms with Crippen LogP contribution in [0.1, 0.15) is 61.4 Å². The van der Waals surface area contributed by atoms with E-state index in [0.29, 0.717) is 31.7 Å². The van der Waals surface area contributed by atoms with Crippen molar-refractivity contribution in [2.45, 2.75) is 46.1 Å². The smallest absolute Gasteiger partial charge is 0.295 e. The average molecular weight is 452 g/mol. The van der Waals surface area contributed by atoms with Crippen LogP contribution in [0.2, 0.25) is 0 Å². The molecule has 1 saturated heterocycles. The van der Waals surface area contributed by atoms with Crippen molar-refractivity contribution in [3.05, 3.63) is 70.3 Å². The molecule has 1 heterocycles.